The SMILES string of the molecule is CSCC[C@H](NC(=O)[C@@H]1CCCN1C(=O)[C@@H]1CCCN1C(=O)[C@@H](NC(=O)[C@H](CO)NC(=O)[C@H](Cc1ccc(O)cc1)NC(=O)[C@H](Cc1ccc(O)cc1)NC(=O)[C@H](CCC(N)=O)NC(=O)[C@@H](N)CCC(N)=O)[C@@H](C)O)C(=O)O. The van der Waals surface area contributed by atoms with Gasteiger partial charge in [-0.05, 0) is 99.3 Å². The highest BCUT2D eigenvalue weighted by Crippen LogP contribution is 2.26. The number of carboxylic acid groups (broad SMARTS) is 1. The maximum atomic E-state index is 14.4. The number of hydrogen-bond acceptors (Lipinski definition) is 17. The maximum absolute atomic E-state index is 14.4. The number of aromatic hydroxyl groups is 2. The summed E-state index contributed by atoms with van der Waals surface area (Å²) in [4.78, 5) is 149. The van der Waals surface area contributed by atoms with E-state index < -0.39 is 139 Å². The smallest absolute Gasteiger partial charge is 0.326 e. The molecule has 2 saturated heterocycles. The van der Waals surface area contributed by atoms with E-state index in [0.717, 1.165) is 4.90 Å². The lowest BCUT2D eigenvalue weighted by Crippen LogP contribution is -2.62. The number of carbonyl (C=O) groups excluding carboxylic acids is 10. The number of amides is 10. The number of rotatable bonds is 30. The molecule has 2 aliphatic rings. The molecule has 78 heavy (non-hydrogen) atoms. The van der Waals surface area contributed by atoms with E-state index in [4.69, 9.17) is 17.2 Å². The predicted octanol–water partition coefficient (Wildman–Crippen LogP) is -4.16. The summed E-state index contributed by atoms with van der Waals surface area (Å²) in [6.07, 6.45) is -0.414. The largest absolute Gasteiger partial charge is 0.508 e. The monoisotopic (exact) mass is 1110 g/mol. The standard InChI is InChI=1S/C50H71N11O16S/c1-26(63)41(49(75)61-21-4-6-38(61)48(74)60-20-3-5-37(60)47(73)55-33(50(76)77)19-22-78-2)59-46(72)36(25-62)58-45(71)35(24-28-9-13-30(65)14-10-28)57-44(70)34(23-27-7-11-29(64)12-8-27)56-43(69)32(16-18-40(53)67)54-42(68)31(51)15-17-39(52)66/h7-14,26,31-38,41,62-65H,3-6,15-25,51H2,1-2H3,(H2,52,66)(H2,53,67)(H,54,68)(H,55,73)(H,56,69)(H,57,70)(H,58,71)(H,59,72)(H,76,77)/t26-,31+,32+,33+,34+,35+,36+,37+,38+,41+/m1/s1. The van der Waals surface area contributed by atoms with E-state index in [1.165, 1.54) is 72.1 Å². The highest BCUT2D eigenvalue weighted by atomic mass is 32.2. The lowest BCUT2D eigenvalue weighted by Gasteiger charge is -2.34. The van der Waals surface area contributed by atoms with Gasteiger partial charge in [-0.3, -0.25) is 47.9 Å². The zero-order valence-corrected chi connectivity index (χ0v) is 44.1. The third-order valence-electron chi connectivity index (χ3n) is 13.1. The van der Waals surface area contributed by atoms with E-state index >= 15 is 0 Å². The van der Waals surface area contributed by atoms with Crippen LogP contribution >= 0.6 is 11.8 Å². The van der Waals surface area contributed by atoms with Crippen LogP contribution in [-0.2, 0) is 65.6 Å². The Kier molecular flexibility index (Phi) is 24.5. The number of aliphatic carboxylic acids is 1. The van der Waals surface area contributed by atoms with Crippen molar-refractivity contribution < 1.29 is 78.3 Å². The fraction of sp³-hybridized carbons (Fsp3) is 0.540. The van der Waals surface area contributed by atoms with Gasteiger partial charge in [0.15, 0.2) is 0 Å². The number of benzene rings is 2. The molecule has 0 bridgehead atoms. The van der Waals surface area contributed by atoms with Crippen molar-refractivity contribution in [2.45, 2.75) is 138 Å². The minimum atomic E-state index is -1.85. The minimum Gasteiger partial charge on any atom is -0.508 e. The molecular formula is C50H71N11O16S. The average molecular weight is 1110 g/mol. The zero-order chi connectivity index (χ0) is 57.8. The Hall–Kier alpha value is -7.56. The number of likely N-dealkylation sites (tertiary alicyclic amines) is 2. The molecule has 0 aliphatic carbocycles. The van der Waals surface area contributed by atoms with Crippen molar-refractivity contribution >= 4 is 76.8 Å². The van der Waals surface area contributed by atoms with Crippen LogP contribution in [-0.4, -0.2) is 193 Å². The van der Waals surface area contributed by atoms with Crippen LogP contribution in [0.25, 0.3) is 0 Å². The molecule has 10 amide bonds. The van der Waals surface area contributed by atoms with Gasteiger partial charge in [0.05, 0.1) is 18.8 Å². The summed E-state index contributed by atoms with van der Waals surface area (Å²) in [5.41, 5.74) is 17.2. The first kappa shape index (κ1) is 63.0. The minimum absolute atomic E-state index is 0.0110. The quantitative estimate of drug-likeness (QED) is 0.0353. The van der Waals surface area contributed by atoms with E-state index in [2.05, 4.69) is 31.9 Å². The summed E-state index contributed by atoms with van der Waals surface area (Å²) >= 11 is 1.40. The van der Waals surface area contributed by atoms with Crippen molar-refractivity contribution in [3.8, 4) is 11.5 Å². The highest BCUT2D eigenvalue weighted by Gasteiger charge is 2.45. The zero-order valence-electron chi connectivity index (χ0n) is 43.3. The lowest BCUT2D eigenvalue weighted by atomic mass is 10.0. The van der Waals surface area contributed by atoms with Gasteiger partial charge >= 0.3 is 5.97 Å². The van der Waals surface area contributed by atoms with Crippen LogP contribution in [0.4, 0.5) is 0 Å². The number of carbonyl (C=O) groups is 11. The molecule has 2 aliphatic heterocycles. The first-order chi connectivity index (χ1) is 36.9. The Balaban J connectivity index is 1.56. The van der Waals surface area contributed by atoms with Crippen molar-refractivity contribution in [3.63, 3.8) is 0 Å². The van der Waals surface area contributed by atoms with Gasteiger partial charge in [-0.25, -0.2) is 4.79 Å². The van der Waals surface area contributed by atoms with Crippen LogP contribution in [0.3, 0.4) is 0 Å². The second kappa shape index (κ2) is 30.4. The fourth-order valence-electron chi connectivity index (χ4n) is 8.79. The van der Waals surface area contributed by atoms with Crippen molar-refractivity contribution in [1.82, 2.24) is 41.7 Å². The van der Waals surface area contributed by atoms with E-state index in [0.29, 0.717) is 29.7 Å². The number of aliphatic hydroxyl groups is 2. The predicted molar refractivity (Wildman–Crippen MR) is 279 cm³/mol. The number of primary amides is 2. The van der Waals surface area contributed by atoms with Crippen molar-refractivity contribution in [2.24, 2.45) is 17.2 Å². The number of nitrogens with one attached hydrogen (secondary N) is 6. The third kappa shape index (κ3) is 18.9. The summed E-state index contributed by atoms with van der Waals surface area (Å²) in [6.45, 7) is 0.248. The van der Waals surface area contributed by atoms with Crippen molar-refractivity contribution in [2.75, 3.05) is 31.7 Å². The van der Waals surface area contributed by atoms with Crippen molar-refractivity contribution in [3.05, 3.63) is 59.7 Å². The van der Waals surface area contributed by atoms with E-state index in [-0.39, 0.29) is 76.0 Å². The summed E-state index contributed by atoms with van der Waals surface area (Å²) in [7, 11) is 0. The molecule has 27 nitrogen and oxygen atoms in total. The number of phenols is 2. The van der Waals surface area contributed by atoms with Crippen LogP contribution in [0.15, 0.2) is 48.5 Å². The number of nitrogens with two attached hydrogens (primary N) is 3. The van der Waals surface area contributed by atoms with Gasteiger partial charge < -0.3 is 84.4 Å². The lowest BCUT2D eigenvalue weighted by molar-refractivity contribution is -0.150. The molecule has 2 heterocycles. The molecule has 0 saturated carbocycles. The van der Waals surface area contributed by atoms with Crippen LogP contribution in [0, 0.1) is 0 Å². The third-order valence-corrected chi connectivity index (χ3v) is 13.8. The van der Waals surface area contributed by atoms with Crippen LogP contribution in [0.5, 0.6) is 11.5 Å². The normalized spacial score (nSPS) is 18.1. The number of aliphatic hydroxyl groups excluding tert-OH is 2. The van der Waals surface area contributed by atoms with Gasteiger partial charge in [0.1, 0.15) is 59.8 Å². The van der Waals surface area contributed by atoms with Gasteiger partial charge in [-0.1, -0.05) is 24.3 Å². The molecule has 28 heteroatoms. The molecule has 2 aromatic carbocycles. The molecule has 17 N–H and O–H groups in total. The number of phenolic OH excluding ortho intramolecular Hbond substituents is 2. The number of thioether (sulfide) groups is 1. The highest BCUT2D eigenvalue weighted by molar-refractivity contribution is 7.98. The molecule has 4 rings (SSSR count). The molecule has 0 aromatic heterocycles. The van der Waals surface area contributed by atoms with E-state index in [1.54, 1.807) is 6.26 Å². The summed E-state index contributed by atoms with van der Waals surface area (Å²) in [5.74, 6) is -10.0. The van der Waals surface area contributed by atoms with Crippen LogP contribution in [0.1, 0.15) is 75.8 Å². The van der Waals surface area contributed by atoms with Crippen LogP contribution < -0.4 is 49.1 Å². The van der Waals surface area contributed by atoms with Gasteiger partial charge in [-0.15, -0.1) is 0 Å². The Morgan fingerprint density at radius 2 is 1.08 bits per heavy atom. The fourth-order valence-corrected chi connectivity index (χ4v) is 9.26. The van der Waals surface area contributed by atoms with E-state index in [9.17, 15) is 78.3 Å². The molecule has 0 unspecified atom stereocenters. The first-order valence-corrected chi connectivity index (χ1v) is 26.7. The first-order valence-electron chi connectivity index (χ1n) is 25.3. The maximum Gasteiger partial charge on any atom is 0.326 e. The second-order valence-electron chi connectivity index (χ2n) is 19.1. The van der Waals surface area contributed by atoms with Gasteiger partial charge in [0.2, 0.25) is 59.1 Å². The number of hydrogen-bond donors (Lipinski definition) is 14. The van der Waals surface area contributed by atoms with Gasteiger partial charge in [0, 0.05) is 38.8 Å². The molecule has 2 fully saturated rings. The molecular weight excluding hydrogens is 1040 g/mol. The molecule has 0 spiro atoms. The Morgan fingerprint density at radius 1 is 0.615 bits per heavy atom. The number of carboxylic acids is 1. The summed E-state index contributed by atoms with van der Waals surface area (Å²) < 4.78 is 0. The number of nitrogens with zero attached hydrogens (tertiary/aromatic N) is 2. The Morgan fingerprint density at radius 3 is 1.56 bits per heavy atom. The molecule has 0 radical (unpaired) electrons. The van der Waals surface area contributed by atoms with Gasteiger partial charge in [0.25, 0.3) is 0 Å². The molecule has 10 atom stereocenters. The average Bonchev–Trinajstić information content (AvgIpc) is 4.11. The van der Waals surface area contributed by atoms with Gasteiger partial charge in [-0.2, -0.15) is 11.8 Å². The second-order valence-corrected chi connectivity index (χ2v) is 20.1. The summed E-state index contributed by atoms with van der Waals surface area (Å²) in [6, 6.07) is -2.11. The molecule has 2 aromatic rings. The molecule has 428 valence electrons. The topological polar surface area (TPSA) is 446 Å². The van der Waals surface area contributed by atoms with Crippen molar-refractivity contribution in [1.29, 1.82) is 0 Å². The Labute approximate surface area is 453 Å². The van der Waals surface area contributed by atoms with Crippen LogP contribution in [0.2, 0.25) is 0 Å². The summed E-state index contributed by atoms with van der Waals surface area (Å²) in [5, 5.41) is 65.6. The van der Waals surface area contributed by atoms with E-state index in [1.807, 2.05) is 0 Å². The Bertz CT molecular complexity index is 2470.